The van der Waals surface area contributed by atoms with Crippen LogP contribution < -0.4 is 16.0 Å². The first-order valence-corrected chi connectivity index (χ1v) is 4.47. The van der Waals surface area contributed by atoms with Gasteiger partial charge in [0.1, 0.15) is 5.75 Å². The van der Waals surface area contributed by atoms with Gasteiger partial charge in [-0.25, -0.2) is 0 Å². The predicted molar refractivity (Wildman–Crippen MR) is 53.3 cm³/mol. The summed E-state index contributed by atoms with van der Waals surface area (Å²) in [6, 6.07) is 8.01. The van der Waals surface area contributed by atoms with E-state index >= 15 is 0 Å². The topological polar surface area (TPSA) is 47.3 Å². The third-order valence-electron chi connectivity index (χ3n) is 1.94. The first kappa shape index (κ1) is 10.0. The van der Waals surface area contributed by atoms with Gasteiger partial charge in [0.25, 0.3) is 0 Å². The van der Waals surface area contributed by atoms with Gasteiger partial charge in [0, 0.05) is 11.6 Å². The van der Waals surface area contributed by atoms with Crippen LogP contribution in [0.2, 0.25) is 0 Å². The van der Waals surface area contributed by atoms with Crippen molar-refractivity contribution in [2.75, 3.05) is 6.61 Å². The number of para-hydroxylation sites is 1. The van der Waals surface area contributed by atoms with Crippen LogP contribution in [0.1, 0.15) is 25.5 Å². The van der Waals surface area contributed by atoms with E-state index in [1.165, 1.54) is 0 Å². The largest absolute Gasteiger partial charge is 0.494 e. The summed E-state index contributed by atoms with van der Waals surface area (Å²) in [5.74, 6) is 6.26. The number of nitrogens with two attached hydrogens (primary N) is 1. The second kappa shape index (κ2) is 4.84. The molecule has 0 saturated carbocycles. The number of rotatable bonds is 4. The third-order valence-corrected chi connectivity index (χ3v) is 1.94. The Morgan fingerprint density at radius 3 is 2.77 bits per heavy atom. The van der Waals surface area contributed by atoms with Crippen molar-refractivity contribution in [2.45, 2.75) is 19.9 Å². The highest BCUT2D eigenvalue weighted by Crippen LogP contribution is 2.23. The van der Waals surface area contributed by atoms with E-state index in [1.807, 2.05) is 38.1 Å². The van der Waals surface area contributed by atoms with Crippen molar-refractivity contribution in [3.8, 4) is 5.75 Å². The molecule has 0 saturated heterocycles. The van der Waals surface area contributed by atoms with E-state index in [1.54, 1.807) is 0 Å². The van der Waals surface area contributed by atoms with Gasteiger partial charge in [-0.2, -0.15) is 0 Å². The number of hydrogen-bond acceptors (Lipinski definition) is 3. The van der Waals surface area contributed by atoms with Gasteiger partial charge >= 0.3 is 0 Å². The Morgan fingerprint density at radius 1 is 1.46 bits per heavy atom. The number of nitrogens with one attached hydrogen (secondary N) is 1. The maximum atomic E-state index is 5.46. The zero-order chi connectivity index (χ0) is 9.68. The highest BCUT2D eigenvalue weighted by Gasteiger charge is 2.08. The van der Waals surface area contributed by atoms with E-state index < -0.39 is 0 Å². The van der Waals surface area contributed by atoms with Gasteiger partial charge in [0.05, 0.1) is 6.61 Å². The van der Waals surface area contributed by atoms with Crippen molar-refractivity contribution in [2.24, 2.45) is 5.84 Å². The van der Waals surface area contributed by atoms with Crippen LogP contribution in [0.5, 0.6) is 5.75 Å². The summed E-state index contributed by atoms with van der Waals surface area (Å²) in [5.41, 5.74) is 3.79. The molecule has 0 aliphatic rings. The molecular formula is C10H16N2O. The monoisotopic (exact) mass is 180 g/mol. The van der Waals surface area contributed by atoms with Gasteiger partial charge in [0.2, 0.25) is 0 Å². The summed E-state index contributed by atoms with van der Waals surface area (Å²) in [6.45, 7) is 4.64. The molecule has 3 N–H and O–H groups in total. The normalized spacial score (nSPS) is 12.5. The standard InChI is InChI=1S/C10H16N2O/c1-3-13-10-7-5-4-6-9(10)8(2)12-11/h4-8,12H,3,11H2,1-2H3. The molecule has 3 heteroatoms. The van der Waals surface area contributed by atoms with Gasteiger partial charge in [-0.15, -0.1) is 0 Å². The van der Waals surface area contributed by atoms with E-state index in [-0.39, 0.29) is 6.04 Å². The van der Waals surface area contributed by atoms with E-state index in [4.69, 9.17) is 10.6 Å². The maximum absolute atomic E-state index is 5.46. The molecule has 1 aromatic rings. The molecule has 0 amide bonds. The van der Waals surface area contributed by atoms with Crippen LogP contribution in [0, 0.1) is 0 Å². The van der Waals surface area contributed by atoms with E-state index in [0.717, 1.165) is 11.3 Å². The molecular weight excluding hydrogens is 164 g/mol. The smallest absolute Gasteiger partial charge is 0.124 e. The molecule has 0 heterocycles. The van der Waals surface area contributed by atoms with Crippen molar-refractivity contribution in [1.82, 2.24) is 5.43 Å². The Labute approximate surface area is 78.9 Å². The quantitative estimate of drug-likeness (QED) is 0.546. The van der Waals surface area contributed by atoms with Gasteiger partial charge in [0.15, 0.2) is 0 Å². The molecule has 0 radical (unpaired) electrons. The number of hydrazine groups is 1. The minimum absolute atomic E-state index is 0.114. The van der Waals surface area contributed by atoms with E-state index in [0.29, 0.717) is 6.61 Å². The lowest BCUT2D eigenvalue weighted by Crippen LogP contribution is -2.26. The van der Waals surface area contributed by atoms with Crippen molar-refractivity contribution in [3.05, 3.63) is 29.8 Å². The summed E-state index contributed by atoms with van der Waals surface area (Å²) in [5, 5.41) is 0. The van der Waals surface area contributed by atoms with Crippen molar-refractivity contribution < 1.29 is 4.74 Å². The molecule has 1 unspecified atom stereocenters. The van der Waals surface area contributed by atoms with Crippen molar-refractivity contribution in [1.29, 1.82) is 0 Å². The van der Waals surface area contributed by atoms with Crippen LogP contribution in [-0.4, -0.2) is 6.61 Å². The first-order chi connectivity index (χ1) is 6.29. The lowest BCUT2D eigenvalue weighted by Gasteiger charge is -2.15. The van der Waals surface area contributed by atoms with Crippen LogP contribution in [0.3, 0.4) is 0 Å². The maximum Gasteiger partial charge on any atom is 0.124 e. The molecule has 0 fully saturated rings. The Bertz CT molecular complexity index is 263. The highest BCUT2D eigenvalue weighted by atomic mass is 16.5. The van der Waals surface area contributed by atoms with Gasteiger partial charge < -0.3 is 4.74 Å². The summed E-state index contributed by atoms with van der Waals surface area (Å²) >= 11 is 0. The molecule has 1 aromatic carbocycles. The predicted octanol–water partition coefficient (Wildman–Crippen LogP) is 1.61. The van der Waals surface area contributed by atoms with Crippen LogP contribution >= 0.6 is 0 Å². The fraction of sp³-hybridized carbons (Fsp3) is 0.400. The SMILES string of the molecule is CCOc1ccccc1C(C)NN. The van der Waals surface area contributed by atoms with Gasteiger partial charge in [-0.3, -0.25) is 11.3 Å². The van der Waals surface area contributed by atoms with Gasteiger partial charge in [-0.05, 0) is 19.9 Å². The molecule has 0 bridgehead atoms. The Kier molecular flexibility index (Phi) is 3.73. The van der Waals surface area contributed by atoms with Crippen molar-refractivity contribution >= 4 is 0 Å². The fourth-order valence-corrected chi connectivity index (χ4v) is 1.21. The summed E-state index contributed by atoms with van der Waals surface area (Å²) < 4.78 is 5.46. The van der Waals surface area contributed by atoms with E-state index in [2.05, 4.69) is 5.43 Å². The summed E-state index contributed by atoms with van der Waals surface area (Å²) in [7, 11) is 0. The van der Waals surface area contributed by atoms with Crippen LogP contribution in [-0.2, 0) is 0 Å². The molecule has 3 nitrogen and oxygen atoms in total. The Hall–Kier alpha value is -1.06. The third kappa shape index (κ3) is 2.44. The highest BCUT2D eigenvalue weighted by molar-refractivity contribution is 5.35. The minimum Gasteiger partial charge on any atom is -0.494 e. The molecule has 0 spiro atoms. The van der Waals surface area contributed by atoms with Crippen LogP contribution in [0.15, 0.2) is 24.3 Å². The number of hydrogen-bond donors (Lipinski definition) is 2. The molecule has 72 valence electrons. The average Bonchev–Trinajstić information content (AvgIpc) is 2.18. The molecule has 0 aliphatic carbocycles. The second-order valence-electron chi connectivity index (χ2n) is 2.86. The number of ether oxygens (including phenoxy) is 1. The van der Waals surface area contributed by atoms with Crippen LogP contribution in [0.4, 0.5) is 0 Å². The van der Waals surface area contributed by atoms with Gasteiger partial charge in [-0.1, -0.05) is 18.2 Å². The molecule has 1 atom stereocenters. The summed E-state index contributed by atoms with van der Waals surface area (Å²) in [4.78, 5) is 0. The number of benzene rings is 1. The molecule has 13 heavy (non-hydrogen) atoms. The molecule has 1 rings (SSSR count). The molecule has 0 aromatic heterocycles. The van der Waals surface area contributed by atoms with E-state index in [9.17, 15) is 0 Å². The summed E-state index contributed by atoms with van der Waals surface area (Å²) in [6.07, 6.45) is 0. The average molecular weight is 180 g/mol. The second-order valence-corrected chi connectivity index (χ2v) is 2.86. The molecule has 0 aliphatic heterocycles. The fourth-order valence-electron chi connectivity index (χ4n) is 1.21. The zero-order valence-corrected chi connectivity index (χ0v) is 8.08. The Morgan fingerprint density at radius 2 is 2.15 bits per heavy atom. The lowest BCUT2D eigenvalue weighted by molar-refractivity contribution is 0.332. The zero-order valence-electron chi connectivity index (χ0n) is 8.08. The minimum atomic E-state index is 0.114. The van der Waals surface area contributed by atoms with Crippen LogP contribution in [0.25, 0.3) is 0 Å². The Balaban J connectivity index is 2.90. The lowest BCUT2D eigenvalue weighted by atomic mass is 10.1. The first-order valence-electron chi connectivity index (χ1n) is 4.47. The van der Waals surface area contributed by atoms with Crippen molar-refractivity contribution in [3.63, 3.8) is 0 Å².